The fourth-order valence-electron chi connectivity index (χ4n) is 3.58. The molecule has 0 aromatic heterocycles. The summed E-state index contributed by atoms with van der Waals surface area (Å²) >= 11 is 1.88. The van der Waals surface area contributed by atoms with Crippen LogP contribution in [-0.2, 0) is 21.5 Å². The lowest BCUT2D eigenvalue weighted by Crippen LogP contribution is -2.59. The Balaban J connectivity index is 2.02. The van der Waals surface area contributed by atoms with Crippen LogP contribution in [0.15, 0.2) is 24.3 Å². The van der Waals surface area contributed by atoms with E-state index in [0.717, 1.165) is 43.0 Å². The van der Waals surface area contributed by atoms with Crippen LogP contribution in [0.3, 0.4) is 0 Å². The van der Waals surface area contributed by atoms with Crippen LogP contribution in [0, 0.1) is 0 Å². The zero-order valence-corrected chi connectivity index (χ0v) is 13.7. The van der Waals surface area contributed by atoms with Gasteiger partial charge in [0.05, 0.1) is 0 Å². The Morgan fingerprint density at radius 2 is 1.95 bits per heavy atom. The van der Waals surface area contributed by atoms with Gasteiger partial charge in [-0.1, -0.05) is 24.3 Å². The van der Waals surface area contributed by atoms with E-state index in [4.69, 9.17) is 0 Å². The monoisotopic (exact) mass is 318 g/mol. The molecule has 22 heavy (non-hydrogen) atoms. The molecule has 0 bridgehead atoms. The van der Waals surface area contributed by atoms with E-state index in [0.29, 0.717) is 6.42 Å². The van der Waals surface area contributed by atoms with Crippen LogP contribution in [0.25, 0.3) is 0 Å². The molecule has 0 radical (unpaired) electrons. The molecule has 1 saturated heterocycles. The van der Waals surface area contributed by atoms with Crippen molar-refractivity contribution in [3.8, 4) is 0 Å². The third-order valence-electron chi connectivity index (χ3n) is 4.53. The van der Waals surface area contributed by atoms with Crippen LogP contribution in [0.4, 0.5) is 0 Å². The zero-order valence-electron chi connectivity index (χ0n) is 12.9. The quantitative estimate of drug-likeness (QED) is 0.906. The van der Waals surface area contributed by atoms with Crippen LogP contribution >= 0.6 is 11.8 Å². The molecule has 0 unspecified atom stereocenters. The van der Waals surface area contributed by atoms with Crippen LogP contribution in [0.1, 0.15) is 30.9 Å². The maximum Gasteiger partial charge on any atom is 0.253 e. The summed E-state index contributed by atoms with van der Waals surface area (Å²) in [6, 6.07) is 8.04. The predicted molar refractivity (Wildman–Crippen MR) is 88.8 cm³/mol. The minimum Gasteiger partial charge on any atom is -0.339 e. The minimum absolute atomic E-state index is 0.0650. The van der Waals surface area contributed by atoms with E-state index < -0.39 is 5.54 Å². The van der Waals surface area contributed by atoms with Gasteiger partial charge in [0.2, 0.25) is 5.91 Å². The lowest BCUT2D eigenvalue weighted by Gasteiger charge is -2.42. The number of nitrogens with zero attached hydrogens (tertiary/aromatic N) is 1. The van der Waals surface area contributed by atoms with Crippen molar-refractivity contribution in [3.63, 3.8) is 0 Å². The first-order chi connectivity index (χ1) is 10.6. The zero-order chi connectivity index (χ0) is 15.6. The topological polar surface area (TPSA) is 49.4 Å². The lowest BCUT2D eigenvalue weighted by molar-refractivity contribution is -0.142. The van der Waals surface area contributed by atoms with E-state index in [-0.39, 0.29) is 11.8 Å². The van der Waals surface area contributed by atoms with Gasteiger partial charge in [0.15, 0.2) is 0 Å². The second kappa shape index (κ2) is 6.32. The van der Waals surface area contributed by atoms with E-state index in [9.17, 15) is 9.59 Å². The van der Waals surface area contributed by atoms with Gasteiger partial charge in [-0.25, -0.2) is 0 Å². The molecule has 1 N–H and O–H groups in total. The molecule has 5 heteroatoms. The maximum absolute atomic E-state index is 13.3. The van der Waals surface area contributed by atoms with Gasteiger partial charge in [-0.15, -0.1) is 0 Å². The molecule has 1 heterocycles. The predicted octanol–water partition coefficient (Wildman–Crippen LogP) is 1.93. The van der Waals surface area contributed by atoms with Gasteiger partial charge in [-0.3, -0.25) is 9.59 Å². The summed E-state index contributed by atoms with van der Waals surface area (Å²) in [6.45, 7) is 3.04. The number of hydrogen-bond acceptors (Lipinski definition) is 3. The van der Waals surface area contributed by atoms with Gasteiger partial charge in [0.25, 0.3) is 5.91 Å². The van der Waals surface area contributed by atoms with E-state index in [1.165, 1.54) is 12.5 Å². The van der Waals surface area contributed by atoms with E-state index >= 15 is 0 Å². The van der Waals surface area contributed by atoms with E-state index in [1.54, 1.807) is 0 Å². The van der Waals surface area contributed by atoms with Gasteiger partial charge in [-0.05, 0) is 30.4 Å². The number of fused-ring (bicyclic) bond motifs is 1. The Morgan fingerprint density at radius 3 is 2.68 bits per heavy atom. The summed E-state index contributed by atoms with van der Waals surface area (Å²) in [5.41, 5.74) is 1.30. The molecular weight excluding hydrogens is 296 g/mol. The number of carbonyl (C=O) groups excluding carboxylic acids is 2. The third kappa shape index (κ3) is 2.74. The summed E-state index contributed by atoms with van der Waals surface area (Å²) in [7, 11) is 0. The third-order valence-corrected chi connectivity index (χ3v) is 5.47. The van der Waals surface area contributed by atoms with E-state index in [2.05, 4.69) is 11.4 Å². The van der Waals surface area contributed by atoms with Crippen LogP contribution < -0.4 is 5.32 Å². The largest absolute Gasteiger partial charge is 0.339 e. The molecule has 1 aromatic rings. The number of amides is 2. The fourth-order valence-corrected chi connectivity index (χ4v) is 4.48. The summed E-state index contributed by atoms with van der Waals surface area (Å²) in [5, 5.41) is 3.01. The van der Waals surface area contributed by atoms with Gasteiger partial charge in [0, 0.05) is 31.5 Å². The number of aryl methyl sites for hydroxylation is 1. The van der Waals surface area contributed by atoms with Crippen molar-refractivity contribution in [1.29, 1.82) is 0 Å². The van der Waals surface area contributed by atoms with Gasteiger partial charge in [0.1, 0.15) is 5.54 Å². The van der Waals surface area contributed by atoms with Crippen LogP contribution in [0.5, 0.6) is 0 Å². The normalized spacial score (nSPS) is 24.5. The molecule has 0 saturated carbocycles. The minimum atomic E-state index is -0.872. The Bertz CT molecular complexity index is 584. The molecule has 1 aliphatic carbocycles. The molecule has 1 aliphatic heterocycles. The van der Waals surface area contributed by atoms with Crippen LogP contribution in [0.2, 0.25) is 0 Å². The summed E-state index contributed by atoms with van der Waals surface area (Å²) in [5.74, 6) is 1.87. The molecule has 3 rings (SSSR count). The average molecular weight is 318 g/mol. The standard InChI is InChI=1S/C17H22N2O2S/c1-13(20)18-17(16(21)19-9-11-22-12-10-19)8-4-6-14-5-2-3-7-15(14)17/h2-3,5,7H,4,6,8-12H2,1H3,(H,18,20)/t17-/m0/s1. The van der Waals surface area contributed by atoms with E-state index in [1.807, 2.05) is 34.9 Å². The highest BCUT2D eigenvalue weighted by Crippen LogP contribution is 2.37. The Labute approximate surface area is 135 Å². The molecule has 1 atom stereocenters. The molecule has 4 nitrogen and oxygen atoms in total. The molecular formula is C17H22N2O2S. The van der Waals surface area contributed by atoms with Crippen molar-refractivity contribution in [2.45, 2.75) is 31.7 Å². The Kier molecular flexibility index (Phi) is 4.43. The number of hydrogen-bond donors (Lipinski definition) is 1. The number of carbonyl (C=O) groups is 2. The molecule has 1 fully saturated rings. The van der Waals surface area contributed by atoms with Gasteiger partial charge in [-0.2, -0.15) is 11.8 Å². The molecule has 2 amide bonds. The number of rotatable bonds is 2. The van der Waals surface area contributed by atoms with Crippen LogP contribution in [-0.4, -0.2) is 41.3 Å². The highest BCUT2D eigenvalue weighted by Gasteiger charge is 2.46. The summed E-state index contributed by atoms with van der Waals surface area (Å²) in [4.78, 5) is 27.0. The SMILES string of the molecule is CC(=O)N[C@@]1(C(=O)N2CCSCC2)CCCc2ccccc21. The van der Waals surface area contributed by atoms with Gasteiger partial charge >= 0.3 is 0 Å². The van der Waals surface area contributed by atoms with Crippen molar-refractivity contribution in [3.05, 3.63) is 35.4 Å². The second-order valence-corrected chi connectivity index (χ2v) is 7.23. The lowest BCUT2D eigenvalue weighted by atomic mass is 9.75. The molecule has 118 valence electrons. The molecule has 0 spiro atoms. The van der Waals surface area contributed by atoms with Crippen molar-refractivity contribution in [2.24, 2.45) is 0 Å². The van der Waals surface area contributed by atoms with Gasteiger partial charge < -0.3 is 10.2 Å². The average Bonchev–Trinajstić information content (AvgIpc) is 2.55. The summed E-state index contributed by atoms with van der Waals surface area (Å²) < 4.78 is 0. The Morgan fingerprint density at radius 1 is 1.23 bits per heavy atom. The molecule has 2 aliphatic rings. The van der Waals surface area contributed by atoms with Crippen molar-refractivity contribution in [1.82, 2.24) is 10.2 Å². The second-order valence-electron chi connectivity index (χ2n) is 6.00. The van der Waals surface area contributed by atoms with Crippen molar-refractivity contribution >= 4 is 23.6 Å². The number of benzene rings is 1. The first-order valence-electron chi connectivity index (χ1n) is 7.88. The first-order valence-corrected chi connectivity index (χ1v) is 9.03. The highest BCUT2D eigenvalue weighted by molar-refractivity contribution is 7.99. The summed E-state index contributed by atoms with van der Waals surface area (Å²) in [6.07, 6.45) is 2.58. The number of thioether (sulfide) groups is 1. The maximum atomic E-state index is 13.3. The van der Waals surface area contributed by atoms with Crippen molar-refractivity contribution in [2.75, 3.05) is 24.6 Å². The fraction of sp³-hybridized carbons (Fsp3) is 0.529. The first kappa shape index (κ1) is 15.4. The number of nitrogens with one attached hydrogen (secondary N) is 1. The Hall–Kier alpha value is -1.49. The smallest absolute Gasteiger partial charge is 0.253 e. The molecule has 1 aromatic carbocycles. The van der Waals surface area contributed by atoms with Crippen molar-refractivity contribution < 1.29 is 9.59 Å². The highest BCUT2D eigenvalue weighted by atomic mass is 32.2.